The van der Waals surface area contributed by atoms with Gasteiger partial charge >= 0.3 is 0 Å². The Morgan fingerprint density at radius 2 is 1.93 bits per heavy atom. The number of thioether (sulfide) groups is 1. The SMILES string of the molecule is Cc1cc(C)cc(NC(=O)CSc2nccn2Cc2ccc3c(c2)OCO3)c1. The number of imidazole rings is 1. The van der Waals surface area contributed by atoms with E-state index in [2.05, 4.69) is 16.4 Å². The lowest BCUT2D eigenvalue weighted by Crippen LogP contribution is -2.15. The highest BCUT2D eigenvalue weighted by molar-refractivity contribution is 7.99. The number of ether oxygens (including phenoxy) is 2. The summed E-state index contributed by atoms with van der Waals surface area (Å²) in [4.78, 5) is 16.7. The van der Waals surface area contributed by atoms with Crippen molar-refractivity contribution in [1.29, 1.82) is 0 Å². The summed E-state index contributed by atoms with van der Waals surface area (Å²) < 4.78 is 12.8. The zero-order valence-electron chi connectivity index (χ0n) is 15.8. The number of carbonyl (C=O) groups excluding carboxylic acids is 1. The Balaban J connectivity index is 1.37. The van der Waals surface area contributed by atoms with Gasteiger partial charge in [0.05, 0.1) is 5.75 Å². The van der Waals surface area contributed by atoms with E-state index in [4.69, 9.17) is 9.47 Å². The van der Waals surface area contributed by atoms with Crippen molar-refractivity contribution >= 4 is 23.4 Å². The minimum atomic E-state index is -0.0485. The van der Waals surface area contributed by atoms with Crippen LogP contribution in [0.15, 0.2) is 53.9 Å². The molecular formula is C21H21N3O3S. The number of hydrogen-bond donors (Lipinski definition) is 1. The molecule has 1 aliphatic rings. The van der Waals surface area contributed by atoms with Gasteiger partial charge in [-0.2, -0.15) is 0 Å². The fourth-order valence-electron chi connectivity index (χ4n) is 3.17. The zero-order chi connectivity index (χ0) is 19.5. The van der Waals surface area contributed by atoms with Crippen LogP contribution in [0.1, 0.15) is 16.7 Å². The number of amides is 1. The maximum Gasteiger partial charge on any atom is 0.234 e. The van der Waals surface area contributed by atoms with Gasteiger partial charge in [-0.05, 0) is 54.8 Å². The lowest BCUT2D eigenvalue weighted by molar-refractivity contribution is -0.113. The molecule has 0 saturated carbocycles. The van der Waals surface area contributed by atoms with Gasteiger partial charge in [0.25, 0.3) is 0 Å². The largest absolute Gasteiger partial charge is 0.454 e. The first-order valence-corrected chi connectivity index (χ1v) is 9.96. The third-order valence-electron chi connectivity index (χ3n) is 4.30. The normalized spacial score (nSPS) is 12.2. The molecule has 0 radical (unpaired) electrons. The molecule has 1 amide bonds. The van der Waals surface area contributed by atoms with Crippen molar-refractivity contribution in [3.8, 4) is 11.5 Å². The molecule has 0 spiro atoms. The van der Waals surface area contributed by atoms with Gasteiger partial charge < -0.3 is 19.4 Å². The summed E-state index contributed by atoms with van der Waals surface area (Å²) >= 11 is 1.42. The molecule has 0 aliphatic carbocycles. The number of aryl methyl sites for hydroxylation is 2. The van der Waals surface area contributed by atoms with E-state index in [1.165, 1.54) is 11.8 Å². The number of rotatable bonds is 6. The molecule has 1 N–H and O–H groups in total. The first-order chi connectivity index (χ1) is 13.6. The molecule has 0 saturated heterocycles. The summed E-state index contributed by atoms with van der Waals surface area (Å²) in [5.74, 6) is 1.78. The van der Waals surface area contributed by atoms with Crippen molar-refractivity contribution in [2.24, 2.45) is 0 Å². The Morgan fingerprint density at radius 3 is 2.75 bits per heavy atom. The summed E-state index contributed by atoms with van der Waals surface area (Å²) in [5.41, 5.74) is 4.17. The summed E-state index contributed by atoms with van der Waals surface area (Å²) in [6.07, 6.45) is 3.66. The molecule has 3 aromatic rings. The van der Waals surface area contributed by atoms with Crippen LogP contribution in [0.2, 0.25) is 0 Å². The minimum Gasteiger partial charge on any atom is -0.454 e. The molecule has 7 heteroatoms. The van der Waals surface area contributed by atoms with Crippen LogP contribution < -0.4 is 14.8 Å². The topological polar surface area (TPSA) is 65.4 Å². The van der Waals surface area contributed by atoms with Crippen molar-refractivity contribution in [2.45, 2.75) is 25.5 Å². The average molecular weight is 395 g/mol. The average Bonchev–Trinajstić information content (AvgIpc) is 3.28. The number of anilines is 1. The summed E-state index contributed by atoms with van der Waals surface area (Å²) in [6, 6.07) is 11.9. The highest BCUT2D eigenvalue weighted by Crippen LogP contribution is 2.33. The quantitative estimate of drug-likeness (QED) is 0.639. The van der Waals surface area contributed by atoms with Crippen molar-refractivity contribution < 1.29 is 14.3 Å². The van der Waals surface area contributed by atoms with Crippen LogP contribution >= 0.6 is 11.8 Å². The Morgan fingerprint density at radius 1 is 1.14 bits per heavy atom. The predicted octanol–water partition coefficient (Wildman–Crippen LogP) is 4.01. The maximum absolute atomic E-state index is 12.3. The van der Waals surface area contributed by atoms with Gasteiger partial charge in [0.2, 0.25) is 12.7 Å². The second-order valence-corrected chi connectivity index (χ2v) is 7.68. The van der Waals surface area contributed by atoms with Gasteiger partial charge in [0.1, 0.15) is 0 Å². The van der Waals surface area contributed by atoms with Gasteiger partial charge in [-0.1, -0.05) is 23.9 Å². The second kappa shape index (κ2) is 7.98. The Bertz CT molecular complexity index is 996. The van der Waals surface area contributed by atoms with Crippen molar-refractivity contribution in [2.75, 3.05) is 17.9 Å². The molecule has 2 heterocycles. The van der Waals surface area contributed by atoms with E-state index in [1.807, 2.05) is 54.9 Å². The Labute approximate surface area is 167 Å². The van der Waals surface area contributed by atoms with E-state index in [9.17, 15) is 4.79 Å². The molecule has 1 aliphatic heterocycles. The third-order valence-corrected chi connectivity index (χ3v) is 5.31. The van der Waals surface area contributed by atoms with E-state index >= 15 is 0 Å². The van der Waals surface area contributed by atoms with Crippen LogP contribution in [0.4, 0.5) is 5.69 Å². The van der Waals surface area contributed by atoms with Crippen LogP contribution in [-0.4, -0.2) is 28.0 Å². The number of hydrogen-bond acceptors (Lipinski definition) is 5. The maximum atomic E-state index is 12.3. The number of carbonyl (C=O) groups is 1. The lowest BCUT2D eigenvalue weighted by atomic mass is 10.1. The number of fused-ring (bicyclic) bond motifs is 1. The van der Waals surface area contributed by atoms with Crippen LogP contribution in [0, 0.1) is 13.8 Å². The number of nitrogens with one attached hydrogen (secondary N) is 1. The summed E-state index contributed by atoms with van der Waals surface area (Å²) in [6.45, 7) is 4.95. The molecule has 2 aromatic carbocycles. The smallest absolute Gasteiger partial charge is 0.234 e. The van der Waals surface area contributed by atoms with Gasteiger partial charge in [-0.15, -0.1) is 0 Å². The van der Waals surface area contributed by atoms with E-state index in [0.717, 1.165) is 39.0 Å². The standard InChI is InChI=1S/C21H21N3O3S/c1-14-7-15(2)9-17(8-14)23-20(25)12-28-21-22-5-6-24(21)11-16-3-4-18-19(10-16)27-13-26-18/h3-10H,11-13H2,1-2H3,(H,23,25). The molecule has 6 nitrogen and oxygen atoms in total. The molecule has 0 bridgehead atoms. The third kappa shape index (κ3) is 4.31. The van der Waals surface area contributed by atoms with E-state index in [0.29, 0.717) is 12.3 Å². The van der Waals surface area contributed by atoms with Crippen molar-refractivity contribution in [3.63, 3.8) is 0 Å². The summed E-state index contributed by atoms with van der Waals surface area (Å²) in [5, 5.41) is 3.76. The van der Waals surface area contributed by atoms with Crippen molar-refractivity contribution in [1.82, 2.24) is 9.55 Å². The van der Waals surface area contributed by atoms with E-state index in [-0.39, 0.29) is 12.7 Å². The molecule has 0 fully saturated rings. The van der Waals surface area contributed by atoms with Crippen LogP contribution in [0.25, 0.3) is 0 Å². The monoisotopic (exact) mass is 395 g/mol. The fourth-order valence-corrected chi connectivity index (χ4v) is 3.93. The van der Waals surface area contributed by atoms with Gasteiger partial charge in [0.15, 0.2) is 16.7 Å². The van der Waals surface area contributed by atoms with Crippen LogP contribution in [-0.2, 0) is 11.3 Å². The van der Waals surface area contributed by atoms with Crippen molar-refractivity contribution in [3.05, 3.63) is 65.5 Å². The van der Waals surface area contributed by atoms with E-state index < -0.39 is 0 Å². The Hall–Kier alpha value is -2.93. The van der Waals surface area contributed by atoms with Crippen LogP contribution in [0.3, 0.4) is 0 Å². The van der Waals surface area contributed by atoms with Gasteiger partial charge in [0, 0.05) is 24.6 Å². The molecular weight excluding hydrogens is 374 g/mol. The highest BCUT2D eigenvalue weighted by atomic mass is 32.2. The lowest BCUT2D eigenvalue weighted by Gasteiger charge is -2.09. The van der Waals surface area contributed by atoms with Crippen LogP contribution in [0.5, 0.6) is 11.5 Å². The fraction of sp³-hybridized carbons (Fsp3) is 0.238. The number of benzene rings is 2. The summed E-state index contributed by atoms with van der Waals surface area (Å²) in [7, 11) is 0. The van der Waals surface area contributed by atoms with E-state index in [1.54, 1.807) is 6.20 Å². The molecule has 0 unspecified atom stereocenters. The van der Waals surface area contributed by atoms with Gasteiger partial charge in [-0.3, -0.25) is 4.79 Å². The molecule has 144 valence electrons. The molecule has 4 rings (SSSR count). The number of nitrogens with zero attached hydrogens (tertiary/aromatic N) is 2. The molecule has 28 heavy (non-hydrogen) atoms. The number of aromatic nitrogens is 2. The first-order valence-electron chi connectivity index (χ1n) is 8.97. The zero-order valence-corrected chi connectivity index (χ0v) is 16.6. The molecule has 0 atom stereocenters. The minimum absolute atomic E-state index is 0.0485. The first kappa shape index (κ1) is 18.4. The Kier molecular flexibility index (Phi) is 5.25. The predicted molar refractivity (Wildman–Crippen MR) is 109 cm³/mol. The van der Waals surface area contributed by atoms with Gasteiger partial charge in [-0.25, -0.2) is 4.98 Å². The highest BCUT2D eigenvalue weighted by Gasteiger charge is 2.14. The second-order valence-electron chi connectivity index (χ2n) is 6.74. The molecule has 1 aromatic heterocycles.